The van der Waals surface area contributed by atoms with Crippen molar-refractivity contribution in [3.63, 3.8) is 0 Å². The highest BCUT2D eigenvalue weighted by molar-refractivity contribution is 6.11. The largest absolute Gasteiger partial charge is 0.478 e. The second-order valence-corrected chi connectivity index (χ2v) is 8.48. The number of aromatic carboxylic acids is 1. The number of benzene rings is 2. The van der Waals surface area contributed by atoms with E-state index in [9.17, 15) is 19.5 Å². The highest BCUT2D eigenvalue weighted by Gasteiger charge is 2.21. The lowest BCUT2D eigenvalue weighted by atomic mass is 9.92. The van der Waals surface area contributed by atoms with Gasteiger partial charge in [-0.2, -0.15) is 0 Å². The maximum absolute atomic E-state index is 13.2. The number of rotatable bonds is 9. The molecule has 0 fully saturated rings. The number of carbonyl (C=O) groups excluding carboxylic acids is 2. The number of hydrogen-bond acceptors (Lipinski definition) is 5. The van der Waals surface area contributed by atoms with Gasteiger partial charge in [0, 0.05) is 29.4 Å². The van der Waals surface area contributed by atoms with Crippen LogP contribution >= 0.6 is 0 Å². The molecule has 0 bridgehead atoms. The molecule has 0 saturated heterocycles. The van der Waals surface area contributed by atoms with Gasteiger partial charge in [-0.15, -0.1) is 0 Å². The molecular weight excluding hydrogens is 458 g/mol. The van der Waals surface area contributed by atoms with Gasteiger partial charge in [0.05, 0.1) is 5.56 Å². The van der Waals surface area contributed by atoms with E-state index >= 15 is 0 Å². The predicted octanol–water partition coefficient (Wildman–Crippen LogP) is 4.01. The SMILES string of the molecule is C=Cc1ccc(-c2ccc(C(=O)NCC(C)C)cc2C(=O)O)c(C(=O)Nc2ccc(C(=N)N)cn2)c1. The first kappa shape index (κ1) is 25.8. The van der Waals surface area contributed by atoms with Crippen LogP contribution < -0.4 is 16.4 Å². The Morgan fingerprint density at radius 3 is 2.28 bits per heavy atom. The van der Waals surface area contributed by atoms with Gasteiger partial charge >= 0.3 is 5.97 Å². The Hall–Kier alpha value is -4.79. The molecule has 0 aliphatic heterocycles. The number of amides is 2. The van der Waals surface area contributed by atoms with Crippen LogP contribution in [-0.2, 0) is 0 Å². The molecule has 9 heteroatoms. The summed E-state index contributed by atoms with van der Waals surface area (Å²) in [5.41, 5.74) is 7.45. The van der Waals surface area contributed by atoms with Gasteiger partial charge in [0.1, 0.15) is 11.7 Å². The van der Waals surface area contributed by atoms with Crippen LogP contribution in [0.2, 0.25) is 0 Å². The molecule has 0 unspecified atom stereocenters. The Morgan fingerprint density at radius 2 is 1.69 bits per heavy atom. The van der Waals surface area contributed by atoms with Crippen molar-refractivity contribution >= 4 is 35.5 Å². The Labute approximate surface area is 208 Å². The Bertz CT molecular complexity index is 1350. The van der Waals surface area contributed by atoms with Crippen molar-refractivity contribution in [2.24, 2.45) is 11.7 Å². The molecule has 3 aromatic rings. The standard InChI is InChI=1S/C27H27N5O4/c1-4-16-5-8-19(21(11-16)26(34)32-23-10-7-18(14-30-23)24(28)29)20-9-6-17(12-22(20)27(35)36)25(33)31-13-15(2)3/h4-12,14-15H,1,13H2,2-3H3,(H3,28,29)(H,31,33)(H,35,36)(H,30,32,34). The zero-order valence-corrected chi connectivity index (χ0v) is 20.0. The minimum atomic E-state index is -1.23. The van der Waals surface area contributed by atoms with Gasteiger partial charge in [0.2, 0.25) is 0 Å². The molecule has 3 rings (SSSR count). The number of amidine groups is 1. The summed E-state index contributed by atoms with van der Waals surface area (Å²) in [5.74, 6) is -1.81. The highest BCUT2D eigenvalue weighted by Crippen LogP contribution is 2.30. The number of nitrogens with zero attached hydrogens (tertiary/aromatic N) is 1. The number of hydrogen-bond donors (Lipinski definition) is 5. The van der Waals surface area contributed by atoms with Gasteiger partial charge in [-0.1, -0.05) is 44.7 Å². The molecule has 2 amide bonds. The van der Waals surface area contributed by atoms with Crippen molar-refractivity contribution in [3.8, 4) is 11.1 Å². The third kappa shape index (κ3) is 6.01. The number of carbonyl (C=O) groups is 3. The zero-order chi connectivity index (χ0) is 26.4. The van der Waals surface area contributed by atoms with E-state index in [4.69, 9.17) is 11.1 Å². The summed E-state index contributed by atoms with van der Waals surface area (Å²) in [6.07, 6.45) is 2.94. The molecule has 1 aromatic heterocycles. The van der Waals surface area contributed by atoms with E-state index in [-0.39, 0.29) is 45.7 Å². The van der Waals surface area contributed by atoms with Crippen LogP contribution in [0.3, 0.4) is 0 Å². The van der Waals surface area contributed by atoms with Gasteiger partial charge < -0.3 is 21.5 Å². The zero-order valence-electron chi connectivity index (χ0n) is 20.0. The van der Waals surface area contributed by atoms with Crippen molar-refractivity contribution in [1.29, 1.82) is 5.41 Å². The minimum Gasteiger partial charge on any atom is -0.478 e. The third-order valence-electron chi connectivity index (χ3n) is 5.31. The first-order chi connectivity index (χ1) is 17.1. The lowest BCUT2D eigenvalue weighted by molar-refractivity contribution is 0.0697. The molecule has 0 spiro atoms. The summed E-state index contributed by atoms with van der Waals surface area (Å²) in [7, 11) is 0. The summed E-state index contributed by atoms with van der Waals surface area (Å²) >= 11 is 0. The molecule has 1 heterocycles. The fraction of sp³-hybridized carbons (Fsp3) is 0.148. The van der Waals surface area contributed by atoms with Crippen LogP contribution in [0.1, 0.15) is 56.0 Å². The molecule has 36 heavy (non-hydrogen) atoms. The molecule has 0 aliphatic carbocycles. The molecule has 0 radical (unpaired) electrons. The average Bonchev–Trinajstić information content (AvgIpc) is 2.86. The van der Waals surface area contributed by atoms with Crippen LogP contribution in [0.25, 0.3) is 17.2 Å². The van der Waals surface area contributed by atoms with Gasteiger partial charge in [0.15, 0.2) is 0 Å². The number of carboxylic acid groups (broad SMARTS) is 1. The topological polar surface area (TPSA) is 158 Å². The van der Waals surface area contributed by atoms with Crippen molar-refractivity contribution < 1.29 is 19.5 Å². The van der Waals surface area contributed by atoms with E-state index in [1.807, 2.05) is 13.8 Å². The van der Waals surface area contributed by atoms with E-state index < -0.39 is 11.9 Å². The number of aromatic nitrogens is 1. The Morgan fingerprint density at radius 1 is 1.03 bits per heavy atom. The van der Waals surface area contributed by atoms with Gasteiger partial charge in [0.25, 0.3) is 11.8 Å². The number of nitrogen functional groups attached to an aromatic ring is 1. The van der Waals surface area contributed by atoms with Crippen LogP contribution in [0, 0.1) is 11.3 Å². The van der Waals surface area contributed by atoms with E-state index in [1.54, 1.807) is 30.3 Å². The molecule has 0 atom stereocenters. The summed E-state index contributed by atoms with van der Waals surface area (Å²) in [5, 5.41) is 22.8. The highest BCUT2D eigenvalue weighted by atomic mass is 16.4. The number of nitrogens with two attached hydrogens (primary N) is 1. The van der Waals surface area contributed by atoms with Gasteiger partial charge in [-0.05, 0) is 52.9 Å². The van der Waals surface area contributed by atoms with Crippen molar-refractivity contribution in [2.45, 2.75) is 13.8 Å². The normalized spacial score (nSPS) is 10.5. The first-order valence-corrected chi connectivity index (χ1v) is 11.1. The van der Waals surface area contributed by atoms with Gasteiger partial charge in [-0.25, -0.2) is 9.78 Å². The molecule has 0 aliphatic rings. The van der Waals surface area contributed by atoms with Crippen LogP contribution in [-0.4, -0.2) is 40.3 Å². The third-order valence-corrected chi connectivity index (χ3v) is 5.31. The van der Waals surface area contributed by atoms with Gasteiger partial charge in [-0.3, -0.25) is 15.0 Å². The summed E-state index contributed by atoms with van der Waals surface area (Å²) in [6.45, 7) is 8.11. The van der Waals surface area contributed by atoms with E-state index in [2.05, 4.69) is 22.2 Å². The van der Waals surface area contributed by atoms with Crippen molar-refractivity contribution in [2.75, 3.05) is 11.9 Å². The second-order valence-electron chi connectivity index (χ2n) is 8.48. The van der Waals surface area contributed by atoms with Crippen LogP contribution in [0.4, 0.5) is 5.82 Å². The van der Waals surface area contributed by atoms with Crippen molar-refractivity contribution in [1.82, 2.24) is 10.3 Å². The number of carboxylic acids is 1. The maximum Gasteiger partial charge on any atom is 0.336 e. The molecule has 6 N–H and O–H groups in total. The quantitative estimate of drug-likeness (QED) is 0.227. The van der Waals surface area contributed by atoms with Crippen LogP contribution in [0.15, 0.2) is 61.3 Å². The summed E-state index contributed by atoms with van der Waals surface area (Å²) < 4.78 is 0. The monoisotopic (exact) mass is 485 g/mol. The Kier molecular flexibility index (Phi) is 7.96. The number of pyridine rings is 1. The smallest absolute Gasteiger partial charge is 0.336 e. The second kappa shape index (κ2) is 11.1. The Balaban J connectivity index is 2.03. The molecule has 0 saturated carbocycles. The average molecular weight is 486 g/mol. The van der Waals surface area contributed by atoms with E-state index in [1.165, 1.54) is 30.5 Å². The van der Waals surface area contributed by atoms with Crippen LogP contribution in [0.5, 0.6) is 0 Å². The maximum atomic E-state index is 13.2. The number of nitrogens with one attached hydrogen (secondary N) is 3. The molecule has 2 aromatic carbocycles. The lowest BCUT2D eigenvalue weighted by Gasteiger charge is -2.15. The predicted molar refractivity (Wildman–Crippen MR) is 139 cm³/mol. The molecule has 9 nitrogen and oxygen atoms in total. The summed E-state index contributed by atoms with van der Waals surface area (Å²) in [6, 6.07) is 12.4. The number of anilines is 1. The fourth-order valence-electron chi connectivity index (χ4n) is 3.42. The fourth-order valence-corrected chi connectivity index (χ4v) is 3.42. The van der Waals surface area contributed by atoms with Crippen molar-refractivity contribution in [3.05, 3.63) is 89.1 Å². The van der Waals surface area contributed by atoms with E-state index in [0.717, 1.165) is 0 Å². The molecule has 184 valence electrons. The lowest BCUT2D eigenvalue weighted by Crippen LogP contribution is -2.27. The summed E-state index contributed by atoms with van der Waals surface area (Å²) in [4.78, 5) is 42.0. The molecular formula is C27H27N5O4. The minimum absolute atomic E-state index is 0.114. The van der Waals surface area contributed by atoms with E-state index in [0.29, 0.717) is 23.2 Å². The first-order valence-electron chi connectivity index (χ1n) is 11.1.